The molecule has 0 aliphatic heterocycles. The molecule has 0 fully saturated rings. The minimum atomic E-state index is -0.455. The molecule has 0 bridgehead atoms. The number of rotatable bonds is 2. The molecule has 0 unspecified atom stereocenters. The van der Waals surface area contributed by atoms with Gasteiger partial charge in [-0.1, -0.05) is 36.4 Å². The molecule has 4 aromatic rings. The van der Waals surface area contributed by atoms with Gasteiger partial charge in [-0.25, -0.2) is 14.4 Å². The van der Waals surface area contributed by atoms with Crippen LogP contribution in [0.3, 0.4) is 0 Å². The van der Waals surface area contributed by atoms with Gasteiger partial charge in [-0.05, 0) is 36.1 Å². The van der Waals surface area contributed by atoms with E-state index in [-0.39, 0.29) is 6.54 Å². The molecule has 2 aromatic carbocycles. The highest BCUT2D eigenvalue weighted by Crippen LogP contribution is 2.16. The second kappa shape index (κ2) is 6.13. The van der Waals surface area contributed by atoms with Gasteiger partial charge in [0.15, 0.2) is 5.82 Å². The van der Waals surface area contributed by atoms with E-state index in [0.29, 0.717) is 11.5 Å². The van der Waals surface area contributed by atoms with Crippen LogP contribution in [0.1, 0.15) is 11.5 Å². The van der Waals surface area contributed by atoms with Crippen LogP contribution in [-0.2, 0) is 6.54 Å². The number of pyridine rings is 1. The lowest BCUT2D eigenvalue weighted by atomic mass is 10.2. The van der Waals surface area contributed by atoms with Crippen molar-refractivity contribution in [1.29, 1.82) is 0 Å². The molecule has 0 atom stereocenters. The Bertz CT molecular complexity index is 1090. The molecule has 2 heterocycles. The highest BCUT2D eigenvalue weighted by atomic mass is 19.1. The molecule has 116 valence electrons. The van der Waals surface area contributed by atoms with Crippen molar-refractivity contribution in [3.63, 3.8) is 0 Å². The zero-order chi connectivity index (χ0) is 16.4. The van der Waals surface area contributed by atoms with Gasteiger partial charge in [0.2, 0.25) is 0 Å². The van der Waals surface area contributed by atoms with Gasteiger partial charge >= 0.3 is 0 Å². The van der Waals surface area contributed by atoms with Crippen molar-refractivity contribution in [2.45, 2.75) is 6.54 Å². The van der Waals surface area contributed by atoms with Gasteiger partial charge in [0.25, 0.3) is 0 Å². The number of fused-ring (bicyclic) bond motifs is 2. The molecule has 0 saturated carbocycles. The Morgan fingerprint density at radius 2 is 1.62 bits per heavy atom. The van der Waals surface area contributed by atoms with Crippen LogP contribution >= 0.6 is 0 Å². The topological polar surface area (TPSA) is 30.7 Å². The number of imidazole rings is 1. The predicted molar refractivity (Wildman–Crippen MR) is 93.4 cm³/mol. The number of hydrogen-bond donors (Lipinski definition) is 0. The number of aryl methyl sites for hydroxylation is 1. The molecule has 0 N–H and O–H groups in total. The van der Waals surface area contributed by atoms with Crippen molar-refractivity contribution >= 4 is 21.9 Å². The first-order valence-corrected chi connectivity index (χ1v) is 7.74. The van der Waals surface area contributed by atoms with Gasteiger partial charge in [0.05, 0.1) is 23.1 Å². The van der Waals surface area contributed by atoms with Crippen LogP contribution in [0.25, 0.3) is 21.9 Å². The summed E-state index contributed by atoms with van der Waals surface area (Å²) in [5, 5.41) is 1.08. The molecule has 24 heavy (non-hydrogen) atoms. The number of hydrogen-bond acceptors (Lipinski definition) is 2. The monoisotopic (exact) mass is 315 g/mol. The maximum atomic E-state index is 12.9. The lowest BCUT2D eigenvalue weighted by molar-refractivity contribution is 0.448. The Hall–Kier alpha value is -3.19. The van der Waals surface area contributed by atoms with Crippen molar-refractivity contribution in [2.24, 2.45) is 0 Å². The van der Waals surface area contributed by atoms with E-state index in [1.807, 2.05) is 65.2 Å². The summed E-state index contributed by atoms with van der Waals surface area (Å²) < 4.78 is 14.7. The van der Waals surface area contributed by atoms with Crippen molar-refractivity contribution < 1.29 is 4.39 Å². The molecule has 4 rings (SSSR count). The van der Waals surface area contributed by atoms with E-state index in [4.69, 9.17) is 0 Å². The van der Waals surface area contributed by atoms with Crippen LogP contribution in [-0.4, -0.2) is 21.2 Å². The van der Waals surface area contributed by atoms with Gasteiger partial charge in [-0.3, -0.25) is 0 Å². The van der Waals surface area contributed by atoms with Crippen LogP contribution in [0, 0.1) is 11.8 Å². The summed E-state index contributed by atoms with van der Waals surface area (Å²) in [4.78, 5) is 9.04. The van der Waals surface area contributed by atoms with Gasteiger partial charge in [-0.15, -0.1) is 0 Å². The van der Waals surface area contributed by atoms with Gasteiger partial charge in [-0.2, -0.15) is 0 Å². The highest BCUT2D eigenvalue weighted by Gasteiger charge is 2.07. The van der Waals surface area contributed by atoms with Gasteiger partial charge in [0.1, 0.15) is 12.4 Å². The maximum Gasteiger partial charge on any atom is 0.186 e. The Labute approximate surface area is 138 Å². The maximum absolute atomic E-state index is 12.9. The van der Waals surface area contributed by atoms with Gasteiger partial charge < -0.3 is 4.57 Å². The third-order valence-corrected chi connectivity index (χ3v) is 3.86. The summed E-state index contributed by atoms with van der Waals surface area (Å²) in [6, 6.07) is 19.5. The first-order chi connectivity index (χ1) is 11.8. The standard InChI is InChI=1S/C20H14FN3/c21-13-14-24-19-8-4-3-7-18(19)23-20(24)12-11-16-10-9-15-5-1-2-6-17(15)22-16/h1-10H,13-14H2. The first-order valence-electron chi connectivity index (χ1n) is 7.74. The minimum absolute atomic E-state index is 0.246. The Kier molecular flexibility index (Phi) is 3.68. The molecule has 0 amide bonds. The number of nitrogens with zero attached hydrogens (tertiary/aromatic N) is 3. The van der Waals surface area contributed by atoms with Crippen molar-refractivity contribution in [3.8, 4) is 11.8 Å². The molecular weight excluding hydrogens is 301 g/mol. The highest BCUT2D eigenvalue weighted by molar-refractivity contribution is 5.79. The quantitative estimate of drug-likeness (QED) is 0.524. The number of aromatic nitrogens is 3. The Morgan fingerprint density at radius 1 is 0.833 bits per heavy atom. The predicted octanol–water partition coefficient (Wildman–Crippen LogP) is 3.95. The molecule has 0 aliphatic carbocycles. The van der Waals surface area contributed by atoms with Crippen molar-refractivity contribution in [3.05, 3.63) is 72.2 Å². The summed E-state index contributed by atoms with van der Waals surface area (Å²) in [6.45, 7) is -0.209. The van der Waals surface area contributed by atoms with Crippen LogP contribution in [0.15, 0.2) is 60.7 Å². The molecule has 2 aromatic heterocycles. The smallest absolute Gasteiger partial charge is 0.186 e. The zero-order valence-corrected chi connectivity index (χ0v) is 12.9. The summed E-state index contributed by atoms with van der Waals surface area (Å²) in [6.07, 6.45) is 0. The molecule has 0 aliphatic rings. The average Bonchev–Trinajstić information content (AvgIpc) is 2.98. The number of para-hydroxylation sites is 3. The van der Waals surface area contributed by atoms with E-state index >= 15 is 0 Å². The molecule has 4 heteroatoms. The summed E-state index contributed by atoms with van der Waals surface area (Å²) in [5.41, 5.74) is 3.29. The van der Waals surface area contributed by atoms with Crippen LogP contribution in [0.5, 0.6) is 0 Å². The van der Waals surface area contributed by atoms with E-state index in [1.54, 1.807) is 0 Å². The van der Waals surface area contributed by atoms with E-state index in [9.17, 15) is 4.39 Å². The van der Waals surface area contributed by atoms with E-state index in [2.05, 4.69) is 21.8 Å². The third kappa shape index (κ3) is 2.61. The summed E-state index contributed by atoms with van der Waals surface area (Å²) >= 11 is 0. The van der Waals surface area contributed by atoms with E-state index in [1.165, 1.54) is 0 Å². The fourth-order valence-corrected chi connectivity index (χ4v) is 2.74. The Morgan fingerprint density at radius 3 is 2.50 bits per heavy atom. The fraction of sp³-hybridized carbons (Fsp3) is 0.100. The summed E-state index contributed by atoms with van der Waals surface area (Å²) in [7, 11) is 0. The lowest BCUT2D eigenvalue weighted by Gasteiger charge is -2.01. The molecule has 0 radical (unpaired) electrons. The molecule has 0 spiro atoms. The average molecular weight is 315 g/mol. The normalized spacial score (nSPS) is 10.7. The molecule has 0 saturated heterocycles. The number of benzene rings is 2. The minimum Gasteiger partial charge on any atom is -0.315 e. The second-order valence-corrected chi connectivity index (χ2v) is 5.40. The third-order valence-electron chi connectivity index (χ3n) is 3.86. The number of halogens is 1. The van der Waals surface area contributed by atoms with Crippen molar-refractivity contribution in [1.82, 2.24) is 14.5 Å². The number of alkyl halides is 1. The van der Waals surface area contributed by atoms with Crippen LogP contribution in [0.4, 0.5) is 4.39 Å². The second-order valence-electron chi connectivity index (χ2n) is 5.40. The zero-order valence-electron chi connectivity index (χ0n) is 12.9. The molecule has 3 nitrogen and oxygen atoms in total. The van der Waals surface area contributed by atoms with Crippen LogP contribution in [0.2, 0.25) is 0 Å². The van der Waals surface area contributed by atoms with Crippen molar-refractivity contribution in [2.75, 3.05) is 6.67 Å². The lowest BCUT2D eigenvalue weighted by Crippen LogP contribution is -2.02. The fourth-order valence-electron chi connectivity index (χ4n) is 2.74. The van der Waals surface area contributed by atoms with E-state index < -0.39 is 6.67 Å². The molecular formula is C20H14FN3. The Balaban J connectivity index is 1.78. The van der Waals surface area contributed by atoms with Crippen LogP contribution < -0.4 is 0 Å². The SMILES string of the molecule is FCCn1c(C#Cc2ccc3ccccc3n2)nc2ccccc21. The first kappa shape index (κ1) is 14.4. The largest absolute Gasteiger partial charge is 0.315 e. The van der Waals surface area contributed by atoms with E-state index in [0.717, 1.165) is 21.9 Å². The van der Waals surface area contributed by atoms with Gasteiger partial charge in [0, 0.05) is 5.39 Å². The summed E-state index contributed by atoms with van der Waals surface area (Å²) in [5.74, 6) is 6.65.